The van der Waals surface area contributed by atoms with E-state index in [2.05, 4.69) is 93.7 Å². The first-order chi connectivity index (χ1) is 39.5. The second kappa shape index (κ2) is 68.3. The van der Waals surface area contributed by atoms with Crippen LogP contribution in [0.3, 0.4) is 0 Å². The van der Waals surface area contributed by atoms with Gasteiger partial charge in [-0.25, -0.2) is 0 Å². The summed E-state index contributed by atoms with van der Waals surface area (Å²) in [5, 5.41) is 0. The average Bonchev–Trinajstić information content (AvgIpc) is 3.46. The molecule has 1 unspecified atom stereocenters. The molecule has 0 aliphatic rings. The van der Waals surface area contributed by atoms with Gasteiger partial charge in [0.05, 0.1) is 0 Å². The molecule has 1 atom stereocenters. The van der Waals surface area contributed by atoms with Gasteiger partial charge in [0.15, 0.2) is 6.10 Å². The van der Waals surface area contributed by atoms with Crippen molar-refractivity contribution in [2.24, 2.45) is 0 Å². The largest absolute Gasteiger partial charge is 0.462 e. The van der Waals surface area contributed by atoms with Crippen molar-refractivity contribution in [3.63, 3.8) is 0 Å². The lowest BCUT2D eigenvalue weighted by atomic mass is 10.0. The van der Waals surface area contributed by atoms with E-state index in [-0.39, 0.29) is 31.1 Å². The highest BCUT2D eigenvalue weighted by Crippen LogP contribution is 2.18. The van der Waals surface area contributed by atoms with Gasteiger partial charge < -0.3 is 14.2 Å². The van der Waals surface area contributed by atoms with Crippen molar-refractivity contribution >= 4 is 17.9 Å². The molecule has 0 radical (unpaired) electrons. The van der Waals surface area contributed by atoms with Gasteiger partial charge in [0, 0.05) is 19.3 Å². The van der Waals surface area contributed by atoms with Crippen molar-refractivity contribution < 1.29 is 28.6 Å². The zero-order valence-corrected chi connectivity index (χ0v) is 53.3. The van der Waals surface area contributed by atoms with Gasteiger partial charge in [-0.15, -0.1) is 0 Å². The van der Waals surface area contributed by atoms with Crippen molar-refractivity contribution in [1.82, 2.24) is 0 Å². The minimum Gasteiger partial charge on any atom is -0.462 e. The van der Waals surface area contributed by atoms with E-state index in [0.717, 1.165) is 96.3 Å². The van der Waals surface area contributed by atoms with E-state index < -0.39 is 6.10 Å². The van der Waals surface area contributed by atoms with Gasteiger partial charge in [-0.1, -0.05) is 325 Å². The number of rotatable bonds is 64. The van der Waals surface area contributed by atoms with E-state index in [9.17, 15) is 14.4 Å². The third-order valence-electron chi connectivity index (χ3n) is 15.4. The van der Waals surface area contributed by atoms with Crippen molar-refractivity contribution in [2.75, 3.05) is 13.2 Å². The molecule has 0 aliphatic carbocycles. The van der Waals surface area contributed by atoms with E-state index in [4.69, 9.17) is 14.2 Å². The predicted molar refractivity (Wildman–Crippen MR) is 348 cm³/mol. The topological polar surface area (TPSA) is 78.9 Å². The standard InChI is InChI=1S/C74H132O6/c1-4-7-10-13-16-18-20-22-24-26-28-30-31-32-33-34-35-36-37-38-39-40-41-42-43-45-46-48-50-52-54-56-58-61-64-67-73(76)79-70-71(69-78-72(75)66-63-60-15-12-9-6-3)80-74(77)68-65-62-59-57-55-53-51-49-47-44-29-27-25-23-21-19-17-14-11-8-5-2/h8,11,17,19-20,22-23,25-26,28-29,44,71H,4-7,9-10,12-16,18,21,24,27,30-43,45-70H2,1-3H3/b11-8-,19-17-,22-20-,25-23-,28-26-,44-29-. The Labute approximate surface area is 497 Å². The Balaban J connectivity index is 3.94. The van der Waals surface area contributed by atoms with Crippen molar-refractivity contribution in [3.8, 4) is 0 Å². The third-order valence-corrected chi connectivity index (χ3v) is 15.4. The quantitative estimate of drug-likeness (QED) is 0.0261. The maximum atomic E-state index is 12.9. The normalized spacial score (nSPS) is 12.5. The van der Waals surface area contributed by atoms with Crippen LogP contribution in [0.5, 0.6) is 0 Å². The molecule has 464 valence electrons. The Morgan fingerprint density at radius 1 is 0.263 bits per heavy atom. The second-order valence-corrected chi connectivity index (χ2v) is 23.4. The van der Waals surface area contributed by atoms with Crippen molar-refractivity contribution in [3.05, 3.63) is 72.9 Å². The summed E-state index contributed by atoms with van der Waals surface area (Å²) >= 11 is 0. The fourth-order valence-corrected chi connectivity index (χ4v) is 10.2. The number of carbonyl (C=O) groups is 3. The van der Waals surface area contributed by atoms with Crippen LogP contribution >= 0.6 is 0 Å². The highest BCUT2D eigenvalue weighted by Gasteiger charge is 2.19. The fourth-order valence-electron chi connectivity index (χ4n) is 10.2. The van der Waals surface area contributed by atoms with Crippen LogP contribution in [0, 0.1) is 0 Å². The van der Waals surface area contributed by atoms with E-state index in [1.54, 1.807) is 0 Å². The molecule has 0 bridgehead atoms. The Morgan fingerprint density at radius 2 is 0.487 bits per heavy atom. The number of unbranched alkanes of at least 4 members (excludes halogenated alkanes) is 41. The molecule has 0 N–H and O–H groups in total. The lowest BCUT2D eigenvalue weighted by Crippen LogP contribution is -2.30. The van der Waals surface area contributed by atoms with Gasteiger partial charge in [-0.3, -0.25) is 14.4 Å². The number of esters is 3. The van der Waals surface area contributed by atoms with Gasteiger partial charge in [0.2, 0.25) is 0 Å². The number of carbonyl (C=O) groups excluding carboxylic acids is 3. The van der Waals surface area contributed by atoms with E-state index >= 15 is 0 Å². The summed E-state index contributed by atoms with van der Waals surface area (Å²) in [6.45, 7) is 6.49. The molecule has 0 amide bonds. The minimum atomic E-state index is -0.776. The summed E-state index contributed by atoms with van der Waals surface area (Å²) in [6.07, 6.45) is 89.8. The van der Waals surface area contributed by atoms with Gasteiger partial charge in [0.25, 0.3) is 0 Å². The van der Waals surface area contributed by atoms with Crippen LogP contribution in [0.4, 0.5) is 0 Å². The fraction of sp³-hybridized carbons (Fsp3) is 0.797. The smallest absolute Gasteiger partial charge is 0.306 e. The van der Waals surface area contributed by atoms with Gasteiger partial charge >= 0.3 is 17.9 Å². The molecule has 0 aliphatic heterocycles. The number of allylic oxidation sites excluding steroid dienone is 12. The molecule has 0 rings (SSSR count). The average molecular weight is 1120 g/mol. The van der Waals surface area contributed by atoms with E-state index in [1.165, 1.54) is 225 Å². The molecule has 0 heterocycles. The molecule has 80 heavy (non-hydrogen) atoms. The summed E-state index contributed by atoms with van der Waals surface area (Å²) in [6, 6.07) is 0. The van der Waals surface area contributed by atoms with Crippen LogP contribution in [-0.4, -0.2) is 37.2 Å². The maximum Gasteiger partial charge on any atom is 0.306 e. The molecule has 0 spiro atoms. The lowest BCUT2D eigenvalue weighted by molar-refractivity contribution is -0.167. The maximum absolute atomic E-state index is 12.9. The Hall–Kier alpha value is -3.15. The van der Waals surface area contributed by atoms with Crippen molar-refractivity contribution in [2.45, 2.75) is 367 Å². The Kier molecular flexibility index (Phi) is 65.7. The number of ether oxygens (including phenoxy) is 3. The van der Waals surface area contributed by atoms with Crippen molar-refractivity contribution in [1.29, 1.82) is 0 Å². The second-order valence-electron chi connectivity index (χ2n) is 23.4. The first-order valence-corrected chi connectivity index (χ1v) is 34.9. The molecule has 0 saturated heterocycles. The monoisotopic (exact) mass is 1120 g/mol. The third kappa shape index (κ3) is 65.7. The van der Waals surface area contributed by atoms with E-state index in [1.807, 2.05) is 0 Å². The van der Waals surface area contributed by atoms with Crippen LogP contribution in [0.15, 0.2) is 72.9 Å². The van der Waals surface area contributed by atoms with Crippen LogP contribution in [0.2, 0.25) is 0 Å². The first-order valence-electron chi connectivity index (χ1n) is 34.9. The summed E-state index contributed by atoms with van der Waals surface area (Å²) in [5.41, 5.74) is 0. The van der Waals surface area contributed by atoms with E-state index in [0.29, 0.717) is 19.3 Å². The SMILES string of the molecule is CC/C=C\C/C=C\C/C=C\C/C=C\CCCCCCCCCCC(=O)OC(COC(=O)CCCCCCCC)COC(=O)CCCCCCCCCCCCCCCCCCCCCCCCC/C=C\C/C=C\CCCCCCC. The van der Waals surface area contributed by atoms with Gasteiger partial charge in [-0.2, -0.15) is 0 Å². The lowest BCUT2D eigenvalue weighted by Gasteiger charge is -2.18. The van der Waals surface area contributed by atoms with Crippen LogP contribution in [0.1, 0.15) is 361 Å². The Morgan fingerprint density at radius 3 is 0.762 bits per heavy atom. The molecule has 0 fully saturated rings. The number of hydrogen-bond acceptors (Lipinski definition) is 6. The highest BCUT2D eigenvalue weighted by molar-refractivity contribution is 5.71. The predicted octanol–water partition coefficient (Wildman–Crippen LogP) is 24.1. The first kappa shape index (κ1) is 76.9. The molecule has 0 saturated carbocycles. The van der Waals surface area contributed by atoms with Crippen LogP contribution < -0.4 is 0 Å². The number of hydrogen-bond donors (Lipinski definition) is 0. The summed E-state index contributed by atoms with van der Waals surface area (Å²) in [4.78, 5) is 38.1. The Bertz CT molecular complexity index is 1470. The molecule has 6 heteroatoms. The van der Waals surface area contributed by atoms with Crippen LogP contribution in [-0.2, 0) is 28.6 Å². The molecule has 0 aromatic heterocycles. The van der Waals surface area contributed by atoms with Gasteiger partial charge in [-0.05, 0) is 89.9 Å². The molecular weight excluding hydrogens is 985 g/mol. The van der Waals surface area contributed by atoms with Gasteiger partial charge in [0.1, 0.15) is 13.2 Å². The molecule has 6 nitrogen and oxygen atoms in total. The zero-order valence-electron chi connectivity index (χ0n) is 53.3. The molecular formula is C74H132O6. The molecule has 0 aromatic rings. The summed E-state index contributed by atoms with van der Waals surface area (Å²) < 4.78 is 16.8. The van der Waals surface area contributed by atoms with Crippen LogP contribution in [0.25, 0.3) is 0 Å². The minimum absolute atomic E-state index is 0.0747. The summed E-state index contributed by atoms with van der Waals surface area (Å²) in [5.74, 6) is -0.876. The highest BCUT2D eigenvalue weighted by atomic mass is 16.6. The molecule has 0 aromatic carbocycles. The zero-order chi connectivity index (χ0) is 57.8. The summed E-state index contributed by atoms with van der Waals surface area (Å²) in [7, 11) is 0.